The molecule has 1 N–H and O–H groups in total. The topological polar surface area (TPSA) is 136 Å². The van der Waals surface area contributed by atoms with E-state index >= 15 is 0 Å². The predicted octanol–water partition coefficient (Wildman–Crippen LogP) is 7.65. The maximum absolute atomic E-state index is 14.1. The quantitative estimate of drug-likeness (QED) is 0.0762. The normalized spacial score (nSPS) is 15.2. The zero-order valence-corrected chi connectivity index (χ0v) is 34.6. The van der Waals surface area contributed by atoms with Crippen molar-refractivity contribution in [3.05, 3.63) is 75.4 Å². The van der Waals surface area contributed by atoms with Crippen molar-refractivity contribution in [2.24, 2.45) is 0 Å². The van der Waals surface area contributed by atoms with Gasteiger partial charge in [0.15, 0.2) is 0 Å². The van der Waals surface area contributed by atoms with Gasteiger partial charge in [-0.2, -0.15) is 0 Å². The second-order valence-electron chi connectivity index (χ2n) is 13.4. The number of hydrogen-bond acceptors (Lipinski definition) is 7. The van der Waals surface area contributed by atoms with E-state index in [0.717, 1.165) is 76.1 Å². The molecular formula is C41H49N5O5Zn. The molecule has 0 aliphatic carbocycles. The maximum Gasteiger partial charge on any atom is 2.00 e. The van der Waals surface area contributed by atoms with E-state index < -0.39 is 5.97 Å². The van der Waals surface area contributed by atoms with Gasteiger partial charge in [-0.3, -0.25) is 19.4 Å². The van der Waals surface area contributed by atoms with Gasteiger partial charge in [-0.25, -0.2) is 4.98 Å². The number of esters is 1. The summed E-state index contributed by atoms with van der Waals surface area (Å²) in [5, 5.41) is 3.11. The van der Waals surface area contributed by atoms with Crippen LogP contribution in [0, 0.1) is 13.8 Å². The second-order valence-corrected chi connectivity index (χ2v) is 13.4. The molecule has 0 unspecified atom stereocenters. The van der Waals surface area contributed by atoms with Crippen LogP contribution in [0.4, 0.5) is 0 Å². The van der Waals surface area contributed by atoms with E-state index in [9.17, 15) is 14.4 Å². The average Bonchev–Trinajstić information content (AvgIpc) is 3.80. The van der Waals surface area contributed by atoms with E-state index in [1.165, 1.54) is 7.11 Å². The molecule has 270 valence electrons. The Bertz CT molecular complexity index is 2040. The van der Waals surface area contributed by atoms with Gasteiger partial charge in [-0.1, -0.05) is 75.6 Å². The monoisotopic (exact) mass is 755 g/mol. The number of nitrogens with zero attached hydrogens (tertiary/aromatic N) is 4. The van der Waals surface area contributed by atoms with Crippen LogP contribution in [-0.4, -0.2) is 48.6 Å². The zero-order chi connectivity index (χ0) is 36.8. The molecular weight excluding hydrogens is 708 g/mol. The molecule has 2 aliphatic rings. The number of aromatic nitrogens is 4. The fourth-order valence-corrected chi connectivity index (χ4v) is 7.27. The third-order valence-corrected chi connectivity index (χ3v) is 10.3. The summed E-state index contributed by atoms with van der Waals surface area (Å²) in [5.41, 5.74) is 11.3. The molecule has 0 radical (unpaired) electrons. The number of allylic oxidation sites excluding steroid dienone is 2. The first-order valence-corrected chi connectivity index (χ1v) is 18.0. The number of nitrogens with one attached hydrogen (secondary N) is 1. The summed E-state index contributed by atoms with van der Waals surface area (Å²) in [6.45, 7) is 17.6. The van der Waals surface area contributed by atoms with Gasteiger partial charge in [-0.15, -0.1) is 22.1 Å². The number of amides is 1. The van der Waals surface area contributed by atoms with Crippen molar-refractivity contribution in [2.45, 2.75) is 98.3 Å². The van der Waals surface area contributed by atoms with Crippen molar-refractivity contribution in [1.29, 1.82) is 0 Å². The molecule has 11 heteroatoms. The Hall–Kier alpha value is -4.37. The Labute approximate surface area is 319 Å². The summed E-state index contributed by atoms with van der Waals surface area (Å²) < 4.78 is 10.3. The molecule has 0 saturated heterocycles. The van der Waals surface area contributed by atoms with E-state index in [-0.39, 0.29) is 50.2 Å². The van der Waals surface area contributed by atoms with Crippen LogP contribution in [0.1, 0.15) is 133 Å². The van der Waals surface area contributed by atoms with Crippen molar-refractivity contribution in [3.8, 4) is 0 Å². The number of fused-ring (bicyclic) bond motifs is 8. The number of carbonyl (C=O) groups excluding carboxylic acids is 3. The number of ether oxygens (including phenoxy) is 2. The molecule has 0 aromatic carbocycles. The maximum atomic E-state index is 14.1. The molecule has 3 aromatic heterocycles. The van der Waals surface area contributed by atoms with E-state index in [1.807, 2.05) is 38.1 Å². The molecule has 0 spiro atoms. The van der Waals surface area contributed by atoms with Crippen LogP contribution in [0.5, 0.6) is 0 Å². The third kappa shape index (κ3) is 8.15. The summed E-state index contributed by atoms with van der Waals surface area (Å²) >= 11 is 0. The zero-order valence-electron chi connectivity index (χ0n) is 31.6. The van der Waals surface area contributed by atoms with Crippen LogP contribution >= 0.6 is 0 Å². The SMILES string of the molecule is C=Cc1c(C)c2cc3nc(c(CC(=O)OC)c4[n-]c(cc5nc(cc1[n-]2)C(C)=C5CC)c(C)c4C(=O)NCCCCC)[C@@H](CCCOC=O)[C@@H]3C.[Zn+2]. The fraction of sp³-hybridized carbons (Fsp3) is 0.439. The van der Waals surface area contributed by atoms with E-state index in [2.05, 4.69) is 39.6 Å². The van der Waals surface area contributed by atoms with Crippen LogP contribution in [0.15, 0.2) is 24.8 Å². The van der Waals surface area contributed by atoms with Crippen molar-refractivity contribution >= 4 is 57.6 Å². The molecule has 2 aliphatic heterocycles. The Morgan fingerprint density at radius 3 is 2.38 bits per heavy atom. The van der Waals surface area contributed by atoms with Crippen LogP contribution in [0.25, 0.3) is 39.3 Å². The molecule has 10 nitrogen and oxygen atoms in total. The van der Waals surface area contributed by atoms with Crippen LogP contribution < -0.4 is 15.3 Å². The molecule has 1 amide bonds. The second kappa shape index (κ2) is 17.9. The summed E-state index contributed by atoms with van der Waals surface area (Å²) in [5.74, 6) is -0.968. The Kier molecular flexibility index (Phi) is 13.9. The first kappa shape index (κ1) is 40.4. The van der Waals surface area contributed by atoms with Gasteiger partial charge in [0.1, 0.15) is 0 Å². The summed E-state index contributed by atoms with van der Waals surface area (Å²) in [6.07, 6.45) is 6.53. The van der Waals surface area contributed by atoms with Gasteiger partial charge in [0.2, 0.25) is 5.91 Å². The van der Waals surface area contributed by atoms with E-state index in [0.29, 0.717) is 59.3 Å². The van der Waals surface area contributed by atoms with Gasteiger partial charge in [-0.05, 0) is 68.7 Å². The van der Waals surface area contributed by atoms with E-state index in [1.54, 1.807) is 0 Å². The van der Waals surface area contributed by atoms with Gasteiger partial charge in [0, 0.05) is 35.3 Å². The fourth-order valence-electron chi connectivity index (χ4n) is 7.27. The first-order valence-electron chi connectivity index (χ1n) is 18.0. The standard InChI is InChI=1S/C41H50N5O5.Zn/c1-9-12-13-16-42-41(49)38-26(7)34-21-36-28(11-3)24(5)32(44-36)20-35-27(10-2)23(4)31(43-35)19-33-25(6)29(15-14-17-51-22-47)39(45-33)30(40(38)46-34)18-37(48)50-8;/h10,19-22,25,29H,2,9,11-18H2,1,3-8H3,(H2-,42,43,44,45,46,49);/q-1;+2/p-1/t25-,29-;/m0./s1. The molecule has 0 saturated carbocycles. The number of aryl methyl sites for hydroxylation is 2. The van der Waals surface area contributed by atoms with Gasteiger partial charge in [0.25, 0.3) is 6.47 Å². The minimum atomic E-state index is -0.466. The first-order chi connectivity index (χ1) is 24.6. The molecule has 8 bridgehead atoms. The molecule has 5 rings (SSSR count). The molecule has 3 aromatic rings. The van der Waals surface area contributed by atoms with E-state index in [4.69, 9.17) is 29.4 Å². The van der Waals surface area contributed by atoms with Crippen molar-refractivity contribution in [1.82, 2.24) is 25.3 Å². The van der Waals surface area contributed by atoms with Crippen molar-refractivity contribution in [2.75, 3.05) is 20.3 Å². The van der Waals surface area contributed by atoms with Gasteiger partial charge >= 0.3 is 25.4 Å². The number of unbranched alkanes of at least 4 members (excludes halogenated alkanes) is 2. The Balaban J connectivity index is 0.00000605. The minimum Gasteiger partial charge on any atom is -0.657 e. The molecule has 2 atom stereocenters. The Morgan fingerprint density at radius 1 is 0.981 bits per heavy atom. The average molecular weight is 757 g/mol. The molecule has 0 fully saturated rings. The number of methoxy groups -OCH3 is 1. The number of hydrogen-bond donors (Lipinski definition) is 1. The predicted molar refractivity (Wildman–Crippen MR) is 201 cm³/mol. The Morgan fingerprint density at radius 2 is 1.71 bits per heavy atom. The van der Waals surface area contributed by atoms with Crippen LogP contribution in [-0.2, 0) is 45.0 Å². The molecule has 52 heavy (non-hydrogen) atoms. The van der Waals surface area contributed by atoms with Crippen LogP contribution in [0.2, 0.25) is 0 Å². The number of rotatable bonds is 14. The summed E-state index contributed by atoms with van der Waals surface area (Å²) in [6, 6.07) is 5.96. The van der Waals surface area contributed by atoms with Crippen molar-refractivity contribution in [3.63, 3.8) is 0 Å². The minimum absolute atomic E-state index is 0. The molecule has 5 heterocycles. The summed E-state index contributed by atoms with van der Waals surface area (Å²) in [4.78, 5) is 58.8. The van der Waals surface area contributed by atoms with Crippen molar-refractivity contribution < 1.29 is 43.3 Å². The van der Waals surface area contributed by atoms with Gasteiger partial charge < -0.3 is 24.8 Å². The van der Waals surface area contributed by atoms with Crippen LogP contribution in [0.3, 0.4) is 0 Å². The largest absolute Gasteiger partial charge is 2.00 e. The number of carbonyl (C=O) groups is 3. The smallest absolute Gasteiger partial charge is 0.657 e. The van der Waals surface area contributed by atoms with Gasteiger partial charge in [0.05, 0.1) is 31.5 Å². The summed E-state index contributed by atoms with van der Waals surface area (Å²) in [7, 11) is 1.35. The third-order valence-electron chi connectivity index (χ3n) is 10.3.